The number of amides is 1. The zero-order valence-electron chi connectivity index (χ0n) is 10.1. The second kappa shape index (κ2) is 7.94. The molecule has 0 spiro atoms. The molecule has 0 bridgehead atoms. The Morgan fingerprint density at radius 3 is 3.06 bits per heavy atom. The van der Waals surface area contributed by atoms with Gasteiger partial charge < -0.3 is 9.32 Å². The number of terminal acetylenes is 1. The van der Waals surface area contributed by atoms with E-state index in [0.717, 1.165) is 0 Å². The van der Waals surface area contributed by atoms with Gasteiger partial charge in [-0.2, -0.15) is 5.26 Å². The van der Waals surface area contributed by atoms with Crippen molar-refractivity contribution in [3.05, 3.63) is 24.2 Å². The Bertz CT molecular complexity index is 440. The van der Waals surface area contributed by atoms with Gasteiger partial charge in [-0.1, -0.05) is 5.92 Å². The largest absolute Gasteiger partial charge is 0.467 e. The van der Waals surface area contributed by atoms with Crippen LogP contribution in [0.2, 0.25) is 0 Å². The molecule has 0 atom stereocenters. The first-order valence-electron chi connectivity index (χ1n) is 5.59. The summed E-state index contributed by atoms with van der Waals surface area (Å²) in [5.74, 6) is 2.99. The minimum absolute atomic E-state index is 0.100. The predicted molar refractivity (Wildman–Crippen MR) is 66.1 cm³/mol. The average molecular weight is 245 g/mol. The summed E-state index contributed by atoms with van der Waals surface area (Å²) in [5, 5.41) is 11.4. The summed E-state index contributed by atoms with van der Waals surface area (Å²) >= 11 is 0. The van der Waals surface area contributed by atoms with Crippen LogP contribution in [0.5, 0.6) is 0 Å². The van der Waals surface area contributed by atoms with Crippen molar-refractivity contribution in [2.75, 3.05) is 19.6 Å². The summed E-state index contributed by atoms with van der Waals surface area (Å²) in [4.78, 5) is 13.5. The van der Waals surface area contributed by atoms with E-state index in [4.69, 9.17) is 16.1 Å². The molecule has 0 aliphatic rings. The molecule has 0 aromatic carbocycles. The van der Waals surface area contributed by atoms with Gasteiger partial charge >= 0.3 is 0 Å². The number of hydrogen-bond donors (Lipinski definition) is 1. The quantitative estimate of drug-likeness (QED) is 0.568. The molecule has 0 fully saturated rings. The van der Waals surface area contributed by atoms with Crippen molar-refractivity contribution in [2.45, 2.75) is 13.0 Å². The maximum absolute atomic E-state index is 11.9. The number of nitrogens with one attached hydrogen (secondary N) is 1. The highest BCUT2D eigenvalue weighted by atomic mass is 16.3. The highest BCUT2D eigenvalue weighted by Gasteiger charge is 2.14. The number of carbonyl (C=O) groups excluding carboxylic acids is 1. The molecule has 0 aliphatic heterocycles. The number of nitriles is 1. The van der Waals surface area contributed by atoms with Gasteiger partial charge in [-0.25, -0.2) is 0 Å². The van der Waals surface area contributed by atoms with Crippen molar-refractivity contribution in [3.63, 3.8) is 0 Å². The van der Waals surface area contributed by atoms with E-state index in [-0.39, 0.29) is 12.5 Å². The molecule has 1 aromatic heterocycles. The first kappa shape index (κ1) is 13.8. The molecule has 1 amide bonds. The fourth-order valence-corrected chi connectivity index (χ4v) is 1.42. The van der Waals surface area contributed by atoms with Crippen LogP contribution in [0.1, 0.15) is 12.2 Å². The van der Waals surface area contributed by atoms with Crippen LogP contribution in [-0.2, 0) is 11.3 Å². The molecule has 5 nitrogen and oxygen atoms in total. The van der Waals surface area contributed by atoms with E-state index < -0.39 is 0 Å². The fraction of sp³-hybridized carbons (Fsp3) is 0.385. The topological polar surface area (TPSA) is 69.3 Å². The van der Waals surface area contributed by atoms with Crippen molar-refractivity contribution in [1.29, 1.82) is 5.26 Å². The molecular formula is C13H15N3O2. The zero-order chi connectivity index (χ0) is 13.2. The Morgan fingerprint density at radius 2 is 2.44 bits per heavy atom. The average Bonchev–Trinajstić information content (AvgIpc) is 2.87. The normalized spacial score (nSPS) is 9.44. The summed E-state index contributed by atoms with van der Waals surface area (Å²) in [7, 11) is 0. The third kappa shape index (κ3) is 4.73. The van der Waals surface area contributed by atoms with Crippen molar-refractivity contribution in [2.24, 2.45) is 0 Å². The van der Waals surface area contributed by atoms with Crippen LogP contribution in [0, 0.1) is 23.7 Å². The smallest absolute Gasteiger partial charge is 0.236 e. The lowest BCUT2D eigenvalue weighted by Gasteiger charge is -2.20. The van der Waals surface area contributed by atoms with Gasteiger partial charge in [0.2, 0.25) is 5.91 Å². The highest BCUT2D eigenvalue weighted by Crippen LogP contribution is 2.06. The first-order chi connectivity index (χ1) is 8.77. The van der Waals surface area contributed by atoms with Crippen LogP contribution in [0.4, 0.5) is 0 Å². The Balaban J connectivity index is 2.52. The minimum Gasteiger partial charge on any atom is -0.467 e. The fourth-order valence-electron chi connectivity index (χ4n) is 1.42. The molecule has 0 saturated heterocycles. The maximum atomic E-state index is 11.9. The molecule has 18 heavy (non-hydrogen) atoms. The van der Waals surface area contributed by atoms with Gasteiger partial charge in [-0.05, 0) is 12.1 Å². The van der Waals surface area contributed by atoms with Crippen molar-refractivity contribution < 1.29 is 9.21 Å². The van der Waals surface area contributed by atoms with Crippen LogP contribution in [0.25, 0.3) is 0 Å². The van der Waals surface area contributed by atoms with E-state index in [1.165, 1.54) is 0 Å². The Hall–Kier alpha value is -2.24. The van der Waals surface area contributed by atoms with Gasteiger partial charge in [0.05, 0.1) is 38.4 Å². The van der Waals surface area contributed by atoms with Crippen LogP contribution in [0.15, 0.2) is 22.8 Å². The SMILES string of the molecule is C#CCNCC(=O)N(CCC#N)Cc1ccco1. The maximum Gasteiger partial charge on any atom is 0.236 e. The summed E-state index contributed by atoms with van der Waals surface area (Å²) in [6, 6.07) is 5.58. The number of furan rings is 1. The van der Waals surface area contributed by atoms with Crippen molar-refractivity contribution in [3.8, 4) is 18.4 Å². The predicted octanol–water partition coefficient (Wildman–Crippen LogP) is 0.745. The number of hydrogen-bond acceptors (Lipinski definition) is 4. The Labute approximate surface area is 106 Å². The van der Waals surface area contributed by atoms with E-state index in [2.05, 4.69) is 11.2 Å². The zero-order valence-corrected chi connectivity index (χ0v) is 10.1. The molecule has 1 rings (SSSR count). The molecule has 0 aliphatic carbocycles. The summed E-state index contributed by atoms with van der Waals surface area (Å²) in [6.45, 7) is 1.26. The second-order valence-corrected chi connectivity index (χ2v) is 3.61. The number of nitrogens with zero attached hydrogens (tertiary/aromatic N) is 2. The molecule has 5 heteroatoms. The van der Waals surface area contributed by atoms with Crippen molar-refractivity contribution in [1.82, 2.24) is 10.2 Å². The molecule has 94 valence electrons. The lowest BCUT2D eigenvalue weighted by atomic mass is 10.3. The van der Waals surface area contributed by atoms with Crippen LogP contribution >= 0.6 is 0 Å². The van der Waals surface area contributed by atoms with Gasteiger partial charge in [-0.3, -0.25) is 10.1 Å². The minimum atomic E-state index is -0.100. The van der Waals surface area contributed by atoms with Gasteiger partial charge in [0.15, 0.2) is 0 Å². The lowest BCUT2D eigenvalue weighted by Crippen LogP contribution is -2.38. The molecule has 0 radical (unpaired) electrons. The molecule has 0 unspecified atom stereocenters. The standard InChI is InChI=1S/C13H15N3O2/c1-2-7-15-10-13(17)16(8-4-6-14)11-12-5-3-9-18-12/h1,3,5,9,15H,4,7-8,10-11H2. The highest BCUT2D eigenvalue weighted by molar-refractivity contribution is 5.78. The summed E-state index contributed by atoms with van der Waals surface area (Å²) in [6.07, 6.45) is 6.93. The van der Waals surface area contributed by atoms with Gasteiger partial charge in [0, 0.05) is 6.54 Å². The molecule has 0 saturated carbocycles. The molecule has 1 heterocycles. The Kier molecular flexibility index (Phi) is 6.10. The van der Waals surface area contributed by atoms with Crippen LogP contribution in [-0.4, -0.2) is 30.4 Å². The molecule has 1 N–H and O–H groups in total. The number of carbonyl (C=O) groups is 1. The summed E-state index contributed by atoms with van der Waals surface area (Å²) in [5.41, 5.74) is 0. The van der Waals surface area contributed by atoms with E-state index in [0.29, 0.717) is 31.8 Å². The van der Waals surface area contributed by atoms with E-state index >= 15 is 0 Å². The van der Waals surface area contributed by atoms with E-state index in [9.17, 15) is 4.79 Å². The number of rotatable bonds is 7. The van der Waals surface area contributed by atoms with Gasteiger partial charge in [0.1, 0.15) is 5.76 Å². The summed E-state index contributed by atoms with van der Waals surface area (Å²) < 4.78 is 5.19. The third-order valence-corrected chi connectivity index (χ3v) is 2.28. The third-order valence-electron chi connectivity index (χ3n) is 2.28. The monoisotopic (exact) mass is 245 g/mol. The van der Waals surface area contributed by atoms with E-state index in [1.54, 1.807) is 23.3 Å². The Morgan fingerprint density at radius 1 is 1.61 bits per heavy atom. The first-order valence-corrected chi connectivity index (χ1v) is 5.59. The van der Waals surface area contributed by atoms with Crippen LogP contribution < -0.4 is 5.32 Å². The van der Waals surface area contributed by atoms with Crippen molar-refractivity contribution >= 4 is 5.91 Å². The van der Waals surface area contributed by atoms with E-state index in [1.807, 2.05) is 6.07 Å². The van der Waals surface area contributed by atoms with Gasteiger partial charge in [0.25, 0.3) is 0 Å². The molecule has 1 aromatic rings. The van der Waals surface area contributed by atoms with Crippen LogP contribution in [0.3, 0.4) is 0 Å². The second-order valence-electron chi connectivity index (χ2n) is 3.61. The molecular weight excluding hydrogens is 230 g/mol. The van der Waals surface area contributed by atoms with Gasteiger partial charge in [-0.15, -0.1) is 6.42 Å². The lowest BCUT2D eigenvalue weighted by molar-refractivity contribution is -0.131.